The van der Waals surface area contributed by atoms with Crippen LogP contribution in [-0.4, -0.2) is 23.8 Å². The van der Waals surface area contributed by atoms with Crippen LogP contribution in [0.15, 0.2) is 23.1 Å². The molecule has 1 aromatic rings. The summed E-state index contributed by atoms with van der Waals surface area (Å²) in [7, 11) is 0. The van der Waals surface area contributed by atoms with Gasteiger partial charge in [0.05, 0.1) is 13.2 Å². The Morgan fingerprint density at radius 3 is 2.63 bits per heavy atom. The zero-order valence-corrected chi connectivity index (χ0v) is 11.9. The molecule has 5 nitrogen and oxygen atoms in total. The molecule has 0 fully saturated rings. The molecule has 0 unspecified atom stereocenters. The van der Waals surface area contributed by atoms with Gasteiger partial charge in [-0.2, -0.15) is 0 Å². The highest BCUT2D eigenvalue weighted by Crippen LogP contribution is 2.16. The number of esters is 1. The van der Waals surface area contributed by atoms with Gasteiger partial charge in [-0.25, -0.2) is 4.79 Å². The fourth-order valence-electron chi connectivity index (χ4n) is 1.64. The van der Waals surface area contributed by atoms with E-state index in [0.717, 1.165) is 6.42 Å². The van der Waals surface area contributed by atoms with E-state index in [9.17, 15) is 9.59 Å². The van der Waals surface area contributed by atoms with Crippen LogP contribution in [0, 0.1) is 0 Å². The van der Waals surface area contributed by atoms with Crippen molar-refractivity contribution in [2.75, 3.05) is 13.2 Å². The van der Waals surface area contributed by atoms with Crippen molar-refractivity contribution in [3.8, 4) is 5.75 Å². The highest BCUT2D eigenvalue weighted by atomic mass is 16.5. The highest BCUT2D eigenvalue weighted by molar-refractivity contribution is 5.77. The van der Waals surface area contributed by atoms with E-state index in [0.29, 0.717) is 6.61 Å². The van der Waals surface area contributed by atoms with Crippen LogP contribution in [0.5, 0.6) is 5.75 Å². The first-order valence-corrected chi connectivity index (χ1v) is 6.47. The maximum absolute atomic E-state index is 12.3. The fraction of sp³-hybridized carbons (Fsp3) is 0.571. The molecule has 0 saturated heterocycles. The van der Waals surface area contributed by atoms with Crippen LogP contribution in [-0.2, 0) is 15.1 Å². The van der Waals surface area contributed by atoms with E-state index in [1.165, 1.54) is 4.57 Å². The van der Waals surface area contributed by atoms with Gasteiger partial charge in [0, 0.05) is 6.20 Å². The Labute approximate surface area is 113 Å². The summed E-state index contributed by atoms with van der Waals surface area (Å²) < 4.78 is 11.7. The second-order valence-corrected chi connectivity index (χ2v) is 4.68. The van der Waals surface area contributed by atoms with Crippen LogP contribution in [0.2, 0.25) is 0 Å². The van der Waals surface area contributed by atoms with Crippen LogP contribution in [0.25, 0.3) is 0 Å². The van der Waals surface area contributed by atoms with E-state index in [2.05, 4.69) is 0 Å². The quantitative estimate of drug-likeness (QED) is 0.739. The summed E-state index contributed by atoms with van der Waals surface area (Å²) in [4.78, 5) is 24.2. The molecule has 5 heteroatoms. The Balaban J connectivity index is 3.13. The van der Waals surface area contributed by atoms with Gasteiger partial charge in [0.1, 0.15) is 5.54 Å². The molecule has 0 atom stereocenters. The standard InChI is InChI=1S/C14H21NO4/c1-5-10-19-11-8-7-9-15(12(11)16)14(3,4)13(17)18-6-2/h7-9H,5-6,10H2,1-4H3. The van der Waals surface area contributed by atoms with Crippen molar-refractivity contribution in [3.63, 3.8) is 0 Å². The van der Waals surface area contributed by atoms with Gasteiger partial charge in [-0.3, -0.25) is 9.36 Å². The predicted octanol–water partition coefficient (Wildman–Crippen LogP) is 1.94. The van der Waals surface area contributed by atoms with Gasteiger partial charge in [-0.15, -0.1) is 0 Å². The van der Waals surface area contributed by atoms with Crippen molar-refractivity contribution in [2.45, 2.75) is 39.7 Å². The lowest BCUT2D eigenvalue weighted by Crippen LogP contribution is -2.43. The van der Waals surface area contributed by atoms with Gasteiger partial charge in [-0.05, 0) is 39.3 Å². The average Bonchev–Trinajstić information content (AvgIpc) is 2.37. The summed E-state index contributed by atoms with van der Waals surface area (Å²) in [6, 6.07) is 3.29. The van der Waals surface area contributed by atoms with Crippen LogP contribution >= 0.6 is 0 Å². The fourth-order valence-corrected chi connectivity index (χ4v) is 1.64. The Morgan fingerprint density at radius 2 is 2.05 bits per heavy atom. The van der Waals surface area contributed by atoms with Crippen LogP contribution in [0.1, 0.15) is 34.1 Å². The summed E-state index contributed by atoms with van der Waals surface area (Å²) in [5.74, 6) is -0.188. The molecule has 0 radical (unpaired) electrons. The van der Waals surface area contributed by atoms with Crippen molar-refractivity contribution in [2.24, 2.45) is 0 Å². The van der Waals surface area contributed by atoms with Crippen LogP contribution < -0.4 is 10.3 Å². The lowest BCUT2D eigenvalue weighted by Gasteiger charge is -2.25. The van der Waals surface area contributed by atoms with Gasteiger partial charge in [0.15, 0.2) is 5.75 Å². The van der Waals surface area contributed by atoms with Crippen molar-refractivity contribution < 1.29 is 14.3 Å². The molecule has 0 aliphatic carbocycles. The number of hydrogen-bond acceptors (Lipinski definition) is 4. The summed E-state index contributed by atoms with van der Waals surface area (Å²) in [5.41, 5.74) is -1.38. The summed E-state index contributed by atoms with van der Waals surface area (Å²) in [5, 5.41) is 0. The van der Waals surface area contributed by atoms with Crippen molar-refractivity contribution in [1.82, 2.24) is 4.57 Å². The molecule has 0 aliphatic heterocycles. The van der Waals surface area contributed by atoms with E-state index in [1.807, 2.05) is 6.92 Å². The van der Waals surface area contributed by atoms with Gasteiger partial charge in [0.2, 0.25) is 0 Å². The third-order valence-corrected chi connectivity index (χ3v) is 2.75. The van der Waals surface area contributed by atoms with E-state index >= 15 is 0 Å². The average molecular weight is 267 g/mol. The molecule has 0 saturated carbocycles. The number of rotatable bonds is 6. The number of pyridine rings is 1. The molecule has 0 aromatic carbocycles. The normalized spacial score (nSPS) is 11.2. The Kier molecular flexibility index (Phi) is 5.15. The molecule has 106 valence electrons. The second-order valence-electron chi connectivity index (χ2n) is 4.68. The van der Waals surface area contributed by atoms with Crippen LogP contribution in [0.3, 0.4) is 0 Å². The number of hydrogen-bond donors (Lipinski definition) is 0. The first-order valence-electron chi connectivity index (χ1n) is 6.47. The van der Waals surface area contributed by atoms with E-state index in [4.69, 9.17) is 9.47 Å². The topological polar surface area (TPSA) is 57.5 Å². The van der Waals surface area contributed by atoms with E-state index in [1.54, 1.807) is 39.1 Å². The maximum Gasteiger partial charge on any atom is 0.331 e. The lowest BCUT2D eigenvalue weighted by molar-refractivity contribution is -0.152. The van der Waals surface area contributed by atoms with Gasteiger partial charge in [0.25, 0.3) is 5.56 Å². The molecule has 0 N–H and O–H groups in total. The number of carbonyl (C=O) groups is 1. The molecular formula is C14H21NO4. The molecule has 19 heavy (non-hydrogen) atoms. The molecule has 1 rings (SSSR count). The number of carbonyl (C=O) groups excluding carboxylic acids is 1. The Bertz CT molecular complexity index is 490. The zero-order valence-electron chi connectivity index (χ0n) is 11.9. The van der Waals surface area contributed by atoms with Crippen molar-refractivity contribution in [1.29, 1.82) is 0 Å². The lowest BCUT2D eigenvalue weighted by atomic mass is 10.1. The molecular weight excluding hydrogens is 246 g/mol. The number of ether oxygens (including phenoxy) is 2. The van der Waals surface area contributed by atoms with Crippen molar-refractivity contribution in [3.05, 3.63) is 28.7 Å². The Hall–Kier alpha value is -1.78. The highest BCUT2D eigenvalue weighted by Gasteiger charge is 2.32. The molecule has 0 amide bonds. The van der Waals surface area contributed by atoms with Gasteiger partial charge < -0.3 is 9.47 Å². The predicted molar refractivity (Wildman–Crippen MR) is 72.4 cm³/mol. The summed E-state index contributed by atoms with van der Waals surface area (Å²) in [6.07, 6.45) is 2.38. The van der Waals surface area contributed by atoms with Crippen molar-refractivity contribution >= 4 is 5.97 Å². The summed E-state index contributed by atoms with van der Waals surface area (Å²) >= 11 is 0. The minimum Gasteiger partial charge on any atom is -0.488 e. The van der Waals surface area contributed by atoms with E-state index in [-0.39, 0.29) is 17.9 Å². The zero-order chi connectivity index (χ0) is 14.5. The minimum absolute atomic E-state index is 0.252. The van der Waals surface area contributed by atoms with Gasteiger partial charge >= 0.3 is 5.97 Å². The van der Waals surface area contributed by atoms with Gasteiger partial charge in [-0.1, -0.05) is 6.92 Å². The minimum atomic E-state index is -1.06. The number of nitrogens with zero attached hydrogens (tertiary/aromatic N) is 1. The first kappa shape index (κ1) is 15.3. The first-order chi connectivity index (χ1) is 8.95. The molecule has 0 aliphatic rings. The summed E-state index contributed by atoms with van der Waals surface area (Å²) in [6.45, 7) is 7.75. The largest absolute Gasteiger partial charge is 0.488 e. The molecule has 1 heterocycles. The SMILES string of the molecule is CCCOc1cccn(C(C)(C)C(=O)OCC)c1=O. The monoisotopic (exact) mass is 267 g/mol. The Morgan fingerprint density at radius 1 is 1.37 bits per heavy atom. The van der Waals surface area contributed by atoms with Crippen LogP contribution in [0.4, 0.5) is 0 Å². The maximum atomic E-state index is 12.3. The third kappa shape index (κ3) is 3.36. The molecule has 0 spiro atoms. The smallest absolute Gasteiger partial charge is 0.331 e. The second kappa shape index (κ2) is 6.41. The number of aromatic nitrogens is 1. The third-order valence-electron chi connectivity index (χ3n) is 2.75. The molecule has 1 aromatic heterocycles. The van der Waals surface area contributed by atoms with E-state index < -0.39 is 11.5 Å². The molecule has 0 bridgehead atoms.